The van der Waals surface area contributed by atoms with Crippen molar-refractivity contribution in [2.24, 2.45) is 11.7 Å². The number of nitrogens with one attached hydrogen (secondary N) is 4. The fourth-order valence-corrected chi connectivity index (χ4v) is 1.51. The smallest absolute Gasteiger partial charge is 0.291 e. The first kappa shape index (κ1) is 18.3. The Hall–Kier alpha value is -2.06. The SMILES string of the molecule is CCC(CC)C(C)NC(=N)NC(=N)N.O=[N+]([O-])O. The maximum absolute atomic E-state index is 8.36. The van der Waals surface area contributed by atoms with E-state index in [2.05, 4.69) is 24.5 Å². The van der Waals surface area contributed by atoms with Crippen molar-refractivity contribution in [2.45, 2.75) is 39.7 Å². The Morgan fingerprint density at radius 2 is 1.83 bits per heavy atom. The fraction of sp³-hybridized carbons (Fsp3) is 0.778. The van der Waals surface area contributed by atoms with E-state index < -0.39 is 5.09 Å². The van der Waals surface area contributed by atoms with E-state index in [-0.39, 0.29) is 18.0 Å². The molecule has 0 radical (unpaired) electrons. The number of hydrogen-bond acceptors (Lipinski definition) is 4. The number of nitrogens with two attached hydrogens (primary N) is 1. The van der Waals surface area contributed by atoms with Gasteiger partial charge in [0.1, 0.15) is 0 Å². The van der Waals surface area contributed by atoms with Gasteiger partial charge in [0.05, 0.1) is 0 Å². The molecule has 0 aliphatic rings. The van der Waals surface area contributed by atoms with Gasteiger partial charge in [-0.3, -0.25) is 16.1 Å². The van der Waals surface area contributed by atoms with Crippen LogP contribution in [0.1, 0.15) is 33.6 Å². The molecule has 0 aromatic heterocycles. The number of guanidine groups is 2. The van der Waals surface area contributed by atoms with Gasteiger partial charge in [-0.15, -0.1) is 10.1 Å². The minimum Gasteiger partial charge on any atom is -0.370 e. The molecule has 9 nitrogen and oxygen atoms in total. The van der Waals surface area contributed by atoms with Gasteiger partial charge in [0, 0.05) is 6.04 Å². The molecule has 0 spiro atoms. The molecule has 0 saturated carbocycles. The third-order valence-electron chi connectivity index (χ3n) is 2.39. The first-order valence-electron chi connectivity index (χ1n) is 5.53. The van der Waals surface area contributed by atoms with Crippen molar-refractivity contribution >= 4 is 11.9 Å². The second-order valence-corrected chi connectivity index (χ2v) is 3.66. The van der Waals surface area contributed by atoms with Crippen molar-refractivity contribution in [1.29, 1.82) is 10.8 Å². The molecule has 0 aliphatic heterocycles. The van der Waals surface area contributed by atoms with Crippen molar-refractivity contribution in [1.82, 2.24) is 10.6 Å². The maximum atomic E-state index is 8.36. The van der Waals surface area contributed by atoms with Crippen molar-refractivity contribution in [2.75, 3.05) is 0 Å². The van der Waals surface area contributed by atoms with Gasteiger partial charge in [-0.2, -0.15) is 0 Å². The summed E-state index contributed by atoms with van der Waals surface area (Å²) < 4.78 is 0. The van der Waals surface area contributed by atoms with Crippen LogP contribution in [0.2, 0.25) is 0 Å². The molecular formula is C9H22N6O3. The topological polar surface area (TPSA) is 161 Å². The third kappa shape index (κ3) is 12.0. The molecule has 0 aliphatic carbocycles. The minimum absolute atomic E-state index is 0.0944. The summed E-state index contributed by atoms with van der Waals surface area (Å²) in [6.45, 7) is 6.30. The van der Waals surface area contributed by atoms with Crippen LogP contribution in [0, 0.1) is 26.9 Å². The average molecular weight is 262 g/mol. The average Bonchev–Trinajstić information content (AvgIpc) is 2.16. The molecular weight excluding hydrogens is 240 g/mol. The summed E-state index contributed by atoms with van der Waals surface area (Å²) in [4.78, 5) is 8.36. The molecule has 106 valence electrons. The monoisotopic (exact) mass is 262 g/mol. The molecule has 0 amide bonds. The lowest BCUT2D eigenvalue weighted by atomic mass is 9.96. The van der Waals surface area contributed by atoms with E-state index in [1.807, 2.05) is 6.92 Å². The molecule has 0 aromatic rings. The van der Waals surface area contributed by atoms with Gasteiger partial charge >= 0.3 is 0 Å². The second kappa shape index (κ2) is 10.1. The highest BCUT2D eigenvalue weighted by Gasteiger charge is 2.13. The highest BCUT2D eigenvalue weighted by molar-refractivity contribution is 5.94. The van der Waals surface area contributed by atoms with E-state index in [9.17, 15) is 0 Å². The number of nitrogens with zero attached hydrogens (tertiary/aromatic N) is 1. The minimum atomic E-state index is -1.50. The summed E-state index contributed by atoms with van der Waals surface area (Å²) in [5, 5.41) is 33.4. The van der Waals surface area contributed by atoms with Gasteiger partial charge in [0.2, 0.25) is 0 Å². The largest absolute Gasteiger partial charge is 0.370 e. The van der Waals surface area contributed by atoms with Crippen molar-refractivity contribution in [3.63, 3.8) is 0 Å². The highest BCUT2D eigenvalue weighted by Crippen LogP contribution is 2.11. The molecule has 1 atom stereocenters. The molecule has 0 heterocycles. The Bertz CT molecular complexity index is 275. The Labute approximate surface area is 106 Å². The standard InChI is InChI=1S/C9H21N5.HNO3/c1-4-7(5-2)6(3)13-9(12)14-8(10)11;2-1(3)4/h6-7H,4-5H2,1-3H3,(H6,10,11,12,13,14);(H,2,3,4). The molecule has 18 heavy (non-hydrogen) atoms. The van der Waals surface area contributed by atoms with Gasteiger partial charge in [0.25, 0.3) is 5.09 Å². The lowest BCUT2D eigenvalue weighted by molar-refractivity contribution is -0.742. The van der Waals surface area contributed by atoms with Crippen LogP contribution in [0.15, 0.2) is 0 Å². The predicted molar refractivity (Wildman–Crippen MR) is 68.2 cm³/mol. The second-order valence-electron chi connectivity index (χ2n) is 3.66. The van der Waals surface area contributed by atoms with Crippen molar-refractivity contribution < 1.29 is 10.3 Å². The van der Waals surface area contributed by atoms with Crippen LogP contribution in [0.5, 0.6) is 0 Å². The first-order chi connectivity index (χ1) is 8.24. The van der Waals surface area contributed by atoms with Crippen molar-refractivity contribution in [3.8, 4) is 0 Å². The molecule has 0 rings (SSSR count). The summed E-state index contributed by atoms with van der Waals surface area (Å²) in [6.07, 6.45) is 2.16. The van der Waals surface area contributed by atoms with E-state index in [0.29, 0.717) is 5.92 Å². The van der Waals surface area contributed by atoms with Crippen LogP contribution in [-0.4, -0.2) is 28.3 Å². The van der Waals surface area contributed by atoms with Gasteiger partial charge < -0.3 is 16.3 Å². The molecule has 1 unspecified atom stereocenters. The summed E-state index contributed by atoms with van der Waals surface area (Å²) >= 11 is 0. The van der Waals surface area contributed by atoms with Gasteiger partial charge in [-0.25, -0.2) is 0 Å². The summed E-state index contributed by atoms with van der Waals surface area (Å²) in [7, 11) is 0. The van der Waals surface area contributed by atoms with E-state index in [1.54, 1.807) is 0 Å². The quantitative estimate of drug-likeness (QED) is 0.187. The molecule has 0 saturated heterocycles. The van der Waals surface area contributed by atoms with E-state index in [1.165, 1.54) is 0 Å². The Morgan fingerprint density at radius 3 is 2.11 bits per heavy atom. The van der Waals surface area contributed by atoms with Crippen LogP contribution in [0.3, 0.4) is 0 Å². The maximum Gasteiger partial charge on any atom is 0.291 e. The van der Waals surface area contributed by atoms with E-state index in [4.69, 9.17) is 31.9 Å². The van der Waals surface area contributed by atoms with E-state index in [0.717, 1.165) is 12.8 Å². The van der Waals surface area contributed by atoms with Crippen LogP contribution in [-0.2, 0) is 0 Å². The summed E-state index contributed by atoms with van der Waals surface area (Å²) in [5.74, 6) is 0.431. The number of hydrogen-bond donors (Lipinski definition) is 6. The Kier molecular flexibility index (Phi) is 10.3. The Morgan fingerprint density at radius 1 is 1.44 bits per heavy atom. The number of rotatable bonds is 4. The van der Waals surface area contributed by atoms with Crippen LogP contribution in [0.25, 0.3) is 0 Å². The molecule has 0 bridgehead atoms. The lowest BCUT2D eigenvalue weighted by Crippen LogP contribution is -2.48. The summed E-state index contributed by atoms with van der Waals surface area (Å²) in [5.41, 5.74) is 5.10. The van der Waals surface area contributed by atoms with E-state index >= 15 is 0 Å². The first-order valence-corrected chi connectivity index (χ1v) is 5.53. The zero-order valence-corrected chi connectivity index (χ0v) is 10.9. The van der Waals surface area contributed by atoms with Crippen LogP contribution in [0.4, 0.5) is 0 Å². The predicted octanol–water partition coefficient (Wildman–Crippen LogP) is 0.471. The Balaban J connectivity index is 0. The van der Waals surface area contributed by atoms with Crippen LogP contribution >= 0.6 is 0 Å². The fourth-order valence-electron chi connectivity index (χ4n) is 1.51. The van der Waals surface area contributed by atoms with Gasteiger partial charge in [-0.05, 0) is 12.8 Å². The molecule has 0 aromatic carbocycles. The zero-order valence-electron chi connectivity index (χ0n) is 10.9. The zero-order chi connectivity index (χ0) is 14.7. The van der Waals surface area contributed by atoms with Gasteiger partial charge in [0.15, 0.2) is 11.9 Å². The van der Waals surface area contributed by atoms with Crippen LogP contribution < -0.4 is 16.4 Å². The van der Waals surface area contributed by atoms with Crippen molar-refractivity contribution in [3.05, 3.63) is 10.1 Å². The lowest BCUT2D eigenvalue weighted by Gasteiger charge is -2.23. The van der Waals surface area contributed by atoms with Gasteiger partial charge in [-0.1, -0.05) is 26.7 Å². The normalized spacial score (nSPS) is 10.9. The third-order valence-corrected chi connectivity index (χ3v) is 2.39. The summed E-state index contributed by atoms with van der Waals surface area (Å²) in [6, 6.07) is 0.226. The molecule has 0 fully saturated rings. The highest BCUT2D eigenvalue weighted by atomic mass is 16.9. The molecule has 9 heteroatoms. The molecule has 7 N–H and O–H groups in total.